The molecule has 1 aliphatic heterocycles. The number of carboxylic acid groups (broad SMARTS) is 1. The molecule has 0 amide bonds. The van der Waals surface area contributed by atoms with Crippen LogP contribution in [0.4, 0.5) is 0 Å². The highest BCUT2D eigenvalue weighted by molar-refractivity contribution is 6.60. The van der Waals surface area contributed by atoms with Crippen LogP contribution >= 0.6 is 0 Å². The van der Waals surface area contributed by atoms with Gasteiger partial charge in [0.25, 0.3) is 0 Å². The number of carbonyl (C=O) groups is 1. The largest absolute Gasteiger partial charge is 0.481 e. The maximum absolute atomic E-state index is 11.2. The van der Waals surface area contributed by atoms with Gasteiger partial charge in [0.15, 0.2) is 0 Å². The molecule has 2 fully saturated rings. The second-order valence-corrected chi connectivity index (χ2v) is 12.5. The van der Waals surface area contributed by atoms with Gasteiger partial charge in [0.05, 0.1) is 5.92 Å². The SMILES string of the molecule is CCCCCC1(c2ccccc2)CCC([SiH]2CCC(C(=O)O)CC2)CC1. The Balaban J connectivity index is 1.61. The van der Waals surface area contributed by atoms with Gasteiger partial charge in [-0.3, -0.25) is 4.79 Å². The summed E-state index contributed by atoms with van der Waals surface area (Å²) < 4.78 is 0. The van der Waals surface area contributed by atoms with Crippen molar-refractivity contribution < 1.29 is 9.90 Å². The van der Waals surface area contributed by atoms with Crippen molar-refractivity contribution in [1.29, 1.82) is 0 Å². The molecule has 2 aliphatic rings. The number of rotatable bonds is 7. The predicted molar refractivity (Wildman–Crippen MR) is 112 cm³/mol. The van der Waals surface area contributed by atoms with Crippen LogP contribution in [-0.2, 0) is 10.2 Å². The molecule has 0 aromatic heterocycles. The topological polar surface area (TPSA) is 37.3 Å². The van der Waals surface area contributed by atoms with E-state index in [0.717, 1.165) is 18.4 Å². The van der Waals surface area contributed by atoms with Gasteiger partial charge in [-0.15, -0.1) is 0 Å². The van der Waals surface area contributed by atoms with Gasteiger partial charge in [-0.1, -0.05) is 81.4 Å². The molecule has 1 heterocycles. The van der Waals surface area contributed by atoms with Crippen LogP contribution in [0, 0.1) is 5.92 Å². The van der Waals surface area contributed by atoms with Gasteiger partial charge in [0.1, 0.15) is 0 Å². The van der Waals surface area contributed by atoms with Crippen molar-refractivity contribution in [3.8, 4) is 0 Å². The minimum absolute atomic E-state index is 0.0419. The highest BCUT2D eigenvalue weighted by atomic mass is 28.3. The molecule has 0 bridgehead atoms. The smallest absolute Gasteiger partial charge is 0.306 e. The van der Waals surface area contributed by atoms with Crippen LogP contribution in [0.3, 0.4) is 0 Å². The Labute approximate surface area is 161 Å². The number of carboxylic acids is 1. The number of hydrogen-bond donors (Lipinski definition) is 1. The summed E-state index contributed by atoms with van der Waals surface area (Å²) in [6, 6.07) is 13.8. The van der Waals surface area contributed by atoms with E-state index in [2.05, 4.69) is 37.3 Å². The van der Waals surface area contributed by atoms with E-state index in [4.69, 9.17) is 0 Å². The molecular weight excluding hydrogens is 336 g/mol. The van der Waals surface area contributed by atoms with E-state index in [1.54, 1.807) is 5.56 Å². The van der Waals surface area contributed by atoms with Gasteiger partial charge in [-0.2, -0.15) is 0 Å². The maximum atomic E-state index is 11.2. The molecule has 144 valence electrons. The fourth-order valence-corrected chi connectivity index (χ4v) is 9.86. The highest BCUT2D eigenvalue weighted by Gasteiger charge is 2.40. The van der Waals surface area contributed by atoms with Crippen LogP contribution in [-0.4, -0.2) is 19.9 Å². The summed E-state index contributed by atoms with van der Waals surface area (Å²) in [4.78, 5) is 11.2. The van der Waals surface area contributed by atoms with Crippen molar-refractivity contribution in [2.24, 2.45) is 5.92 Å². The second-order valence-electron chi connectivity index (χ2n) is 8.89. The van der Waals surface area contributed by atoms with Crippen molar-refractivity contribution in [3.05, 3.63) is 35.9 Å². The normalized spacial score (nSPS) is 32.3. The molecule has 1 saturated heterocycles. The molecule has 1 aliphatic carbocycles. The van der Waals surface area contributed by atoms with E-state index in [9.17, 15) is 9.90 Å². The highest BCUT2D eigenvalue weighted by Crippen LogP contribution is 2.49. The molecule has 0 unspecified atom stereocenters. The van der Waals surface area contributed by atoms with E-state index in [0.29, 0.717) is 5.41 Å². The van der Waals surface area contributed by atoms with Crippen LogP contribution in [0.2, 0.25) is 17.6 Å². The Morgan fingerprint density at radius 1 is 1.08 bits per heavy atom. The number of aliphatic carboxylic acids is 1. The molecule has 0 radical (unpaired) electrons. The summed E-state index contributed by atoms with van der Waals surface area (Å²) in [5.41, 5.74) is 2.96. The van der Waals surface area contributed by atoms with E-state index in [-0.39, 0.29) is 5.92 Å². The van der Waals surface area contributed by atoms with Gasteiger partial charge in [-0.25, -0.2) is 0 Å². The molecule has 0 spiro atoms. The van der Waals surface area contributed by atoms with Crippen LogP contribution in [0.1, 0.15) is 76.7 Å². The molecule has 0 atom stereocenters. The minimum atomic E-state index is -0.736. The molecule has 3 heteroatoms. The third kappa shape index (κ3) is 4.60. The average molecular weight is 373 g/mol. The molecule has 3 rings (SSSR count). The lowest BCUT2D eigenvalue weighted by Crippen LogP contribution is -2.36. The zero-order chi connectivity index (χ0) is 18.4. The van der Waals surface area contributed by atoms with E-state index >= 15 is 0 Å². The monoisotopic (exact) mass is 372 g/mol. The first-order chi connectivity index (χ1) is 12.6. The van der Waals surface area contributed by atoms with Gasteiger partial charge in [0, 0.05) is 8.80 Å². The molecule has 1 aromatic carbocycles. The Morgan fingerprint density at radius 3 is 2.31 bits per heavy atom. The minimum Gasteiger partial charge on any atom is -0.481 e. The molecule has 26 heavy (non-hydrogen) atoms. The molecule has 2 nitrogen and oxygen atoms in total. The van der Waals surface area contributed by atoms with Crippen LogP contribution in [0.5, 0.6) is 0 Å². The van der Waals surface area contributed by atoms with Crippen molar-refractivity contribution >= 4 is 14.8 Å². The zero-order valence-corrected chi connectivity index (χ0v) is 17.6. The summed E-state index contributed by atoms with van der Waals surface area (Å²) >= 11 is 0. The Hall–Kier alpha value is -1.09. The Bertz CT molecular complexity index is 555. The summed E-state index contributed by atoms with van der Waals surface area (Å²) in [6.45, 7) is 2.30. The molecular formula is C23H36O2Si. The fourth-order valence-electron chi connectivity index (χ4n) is 5.69. The summed E-state index contributed by atoms with van der Waals surface area (Å²) in [7, 11) is -0.736. The van der Waals surface area contributed by atoms with E-state index in [1.165, 1.54) is 63.5 Å². The maximum Gasteiger partial charge on any atom is 0.306 e. The predicted octanol–water partition coefficient (Wildman–Crippen LogP) is 6.17. The quantitative estimate of drug-likeness (QED) is 0.459. The Morgan fingerprint density at radius 2 is 1.73 bits per heavy atom. The number of hydrogen-bond acceptors (Lipinski definition) is 1. The van der Waals surface area contributed by atoms with Crippen LogP contribution < -0.4 is 0 Å². The first kappa shape index (κ1) is 19.7. The summed E-state index contributed by atoms with van der Waals surface area (Å²) in [6.07, 6.45) is 12.8. The summed E-state index contributed by atoms with van der Waals surface area (Å²) in [5.74, 6) is -0.597. The number of unbranched alkanes of at least 4 members (excludes halogenated alkanes) is 2. The lowest BCUT2D eigenvalue weighted by Gasteiger charge is -2.44. The number of benzene rings is 1. The van der Waals surface area contributed by atoms with Crippen molar-refractivity contribution in [3.63, 3.8) is 0 Å². The standard InChI is InChI=1S/C23H36O2Si/c1-2-3-7-14-23(20-8-5-4-6-9-20)15-10-21(11-16-23)26-17-12-19(13-18-26)22(24)25/h4-6,8-9,19,21,26H,2-3,7,10-18H2,1H3,(H,24,25). The average Bonchev–Trinajstić information content (AvgIpc) is 2.69. The van der Waals surface area contributed by atoms with Crippen LogP contribution in [0.15, 0.2) is 30.3 Å². The molecule has 1 aromatic rings. The lowest BCUT2D eigenvalue weighted by molar-refractivity contribution is -0.142. The van der Waals surface area contributed by atoms with Gasteiger partial charge < -0.3 is 5.11 Å². The van der Waals surface area contributed by atoms with E-state index in [1.807, 2.05) is 0 Å². The molecule has 1 N–H and O–H groups in total. The lowest BCUT2D eigenvalue weighted by atomic mass is 9.66. The third-order valence-corrected chi connectivity index (χ3v) is 11.6. The van der Waals surface area contributed by atoms with Gasteiger partial charge in [0.2, 0.25) is 0 Å². The van der Waals surface area contributed by atoms with E-state index < -0.39 is 14.8 Å². The third-order valence-electron chi connectivity index (χ3n) is 7.42. The van der Waals surface area contributed by atoms with Gasteiger partial charge >= 0.3 is 5.97 Å². The second kappa shape index (κ2) is 9.21. The Kier molecular flexibility index (Phi) is 6.96. The molecule has 1 saturated carbocycles. The fraction of sp³-hybridized carbons (Fsp3) is 0.696. The first-order valence-electron chi connectivity index (χ1n) is 10.9. The van der Waals surface area contributed by atoms with Crippen molar-refractivity contribution in [2.45, 2.75) is 94.2 Å². The van der Waals surface area contributed by atoms with Crippen molar-refractivity contribution in [2.75, 3.05) is 0 Å². The van der Waals surface area contributed by atoms with Gasteiger partial charge in [-0.05, 0) is 48.6 Å². The first-order valence-corrected chi connectivity index (χ1v) is 13.2. The van der Waals surface area contributed by atoms with Crippen molar-refractivity contribution in [1.82, 2.24) is 0 Å². The van der Waals surface area contributed by atoms with Crippen LogP contribution in [0.25, 0.3) is 0 Å². The zero-order valence-electron chi connectivity index (χ0n) is 16.5. The summed E-state index contributed by atoms with van der Waals surface area (Å²) in [5, 5.41) is 9.25.